The monoisotopic (exact) mass is 209 g/mol. The Morgan fingerprint density at radius 3 is 2.33 bits per heavy atom. The first kappa shape index (κ1) is 11.4. The Bertz CT molecular complexity index is 190. The fourth-order valence-electron chi connectivity index (χ4n) is 2.78. The third-order valence-electron chi connectivity index (χ3n) is 4.40. The third-order valence-corrected chi connectivity index (χ3v) is 4.40. The van der Waals surface area contributed by atoms with E-state index < -0.39 is 0 Å². The van der Waals surface area contributed by atoms with Crippen molar-refractivity contribution in [2.24, 2.45) is 17.8 Å². The Kier molecular flexibility index (Phi) is 3.71. The zero-order valence-electron chi connectivity index (χ0n) is 10.6. The standard InChI is InChI=1S/C14H27N/c1-4-13(7-11-5-6-11)15-14-8-12(9-14)10(2)3/h10-15H,4-9H2,1-3H3. The second-order valence-electron chi connectivity index (χ2n) is 6.12. The minimum absolute atomic E-state index is 0.815. The minimum atomic E-state index is 0.815. The zero-order valence-corrected chi connectivity index (χ0v) is 10.6. The molecule has 0 spiro atoms. The van der Waals surface area contributed by atoms with Crippen LogP contribution in [0.4, 0.5) is 0 Å². The number of nitrogens with one attached hydrogen (secondary N) is 1. The molecule has 2 rings (SSSR count). The molecule has 2 aliphatic carbocycles. The molecule has 0 heterocycles. The summed E-state index contributed by atoms with van der Waals surface area (Å²) in [5.41, 5.74) is 0. The van der Waals surface area contributed by atoms with E-state index in [2.05, 4.69) is 26.1 Å². The first-order valence-electron chi connectivity index (χ1n) is 6.95. The quantitative estimate of drug-likeness (QED) is 0.705. The Morgan fingerprint density at radius 2 is 1.87 bits per heavy atom. The average molecular weight is 209 g/mol. The molecule has 0 bridgehead atoms. The predicted molar refractivity (Wildman–Crippen MR) is 65.9 cm³/mol. The van der Waals surface area contributed by atoms with E-state index in [0.717, 1.165) is 29.8 Å². The van der Waals surface area contributed by atoms with Crippen molar-refractivity contribution in [1.29, 1.82) is 0 Å². The van der Waals surface area contributed by atoms with Crippen LogP contribution in [-0.4, -0.2) is 12.1 Å². The topological polar surface area (TPSA) is 12.0 Å². The van der Waals surface area contributed by atoms with Crippen LogP contribution in [0.2, 0.25) is 0 Å². The van der Waals surface area contributed by atoms with E-state index in [-0.39, 0.29) is 0 Å². The number of hydrogen-bond acceptors (Lipinski definition) is 1. The number of rotatable bonds is 6. The molecule has 1 unspecified atom stereocenters. The summed E-state index contributed by atoms with van der Waals surface area (Å²) >= 11 is 0. The number of hydrogen-bond donors (Lipinski definition) is 1. The zero-order chi connectivity index (χ0) is 10.8. The van der Waals surface area contributed by atoms with Gasteiger partial charge in [-0.25, -0.2) is 0 Å². The van der Waals surface area contributed by atoms with Crippen molar-refractivity contribution in [2.45, 2.75) is 71.4 Å². The first-order chi connectivity index (χ1) is 7.19. The maximum absolute atomic E-state index is 3.86. The Balaban J connectivity index is 1.63. The van der Waals surface area contributed by atoms with Crippen LogP contribution >= 0.6 is 0 Å². The molecule has 0 saturated heterocycles. The van der Waals surface area contributed by atoms with Gasteiger partial charge in [0.15, 0.2) is 0 Å². The molecule has 1 nitrogen and oxygen atoms in total. The van der Waals surface area contributed by atoms with Gasteiger partial charge in [-0.2, -0.15) is 0 Å². The molecule has 2 fully saturated rings. The second-order valence-corrected chi connectivity index (χ2v) is 6.12. The van der Waals surface area contributed by atoms with Crippen molar-refractivity contribution >= 4 is 0 Å². The van der Waals surface area contributed by atoms with E-state index in [4.69, 9.17) is 0 Å². The average Bonchev–Trinajstić information content (AvgIpc) is 2.91. The van der Waals surface area contributed by atoms with Gasteiger partial charge in [-0.3, -0.25) is 0 Å². The Labute approximate surface area is 95.0 Å². The van der Waals surface area contributed by atoms with Crippen LogP contribution in [0.1, 0.15) is 59.3 Å². The summed E-state index contributed by atoms with van der Waals surface area (Å²) in [6.07, 6.45) is 8.62. The van der Waals surface area contributed by atoms with Crippen molar-refractivity contribution in [3.05, 3.63) is 0 Å². The molecule has 0 aromatic rings. The van der Waals surface area contributed by atoms with Crippen LogP contribution in [0, 0.1) is 17.8 Å². The van der Waals surface area contributed by atoms with Gasteiger partial charge < -0.3 is 5.32 Å². The van der Waals surface area contributed by atoms with Gasteiger partial charge in [0, 0.05) is 12.1 Å². The SMILES string of the molecule is CCC(CC1CC1)NC1CC(C(C)C)C1. The highest BCUT2D eigenvalue weighted by Gasteiger charge is 2.33. The van der Waals surface area contributed by atoms with E-state index >= 15 is 0 Å². The van der Waals surface area contributed by atoms with E-state index in [1.165, 1.54) is 38.5 Å². The van der Waals surface area contributed by atoms with E-state index in [0.29, 0.717) is 0 Å². The van der Waals surface area contributed by atoms with Crippen molar-refractivity contribution in [3.63, 3.8) is 0 Å². The highest BCUT2D eigenvalue weighted by atomic mass is 15.0. The van der Waals surface area contributed by atoms with Crippen molar-refractivity contribution in [1.82, 2.24) is 5.32 Å². The first-order valence-corrected chi connectivity index (χ1v) is 6.95. The lowest BCUT2D eigenvalue weighted by Gasteiger charge is -2.40. The molecule has 0 amide bonds. The van der Waals surface area contributed by atoms with Crippen LogP contribution in [0.3, 0.4) is 0 Å². The van der Waals surface area contributed by atoms with Crippen LogP contribution in [0.25, 0.3) is 0 Å². The third kappa shape index (κ3) is 3.21. The molecule has 0 radical (unpaired) electrons. The molecular formula is C14H27N. The van der Waals surface area contributed by atoms with E-state index in [1.54, 1.807) is 0 Å². The lowest BCUT2D eigenvalue weighted by molar-refractivity contribution is 0.153. The molecule has 2 saturated carbocycles. The van der Waals surface area contributed by atoms with Gasteiger partial charge in [-0.05, 0) is 43.4 Å². The van der Waals surface area contributed by atoms with Gasteiger partial charge in [0.2, 0.25) is 0 Å². The van der Waals surface area contributed by atoms with Gasteiger partial charge in [0.05, 0.1) is 0 Å². The van der Waals surface area contributed by atoms with Gasteiger partial charge in [0.1, 0.15) is 0 Å². The largest absolute Gasteiger partial charge is 0.311 e. The highest BCUT2D eigenvalue weighted by molar-refractivity contribution is 4.90. The predicted octanol–water partition coefficient (Wildman–Crippen LogP) is 3.59. The highest BCUT2D eigenvalue weighted by Crippen LogP contribution is 2.37. The van der Waals surface area contributed by atoms with Crippen molar-refractivity contribution in [2.75, 3.05) is 0 Å². The van der Waals surface area contributed by atoms with Gasteiger partial charge >= 0.3 is 0 Å². The molecule has 1 atom stereocenters. The van der Waals surface area contributed by atoms with Gasteiger partial charge in [-0.1, -0.05) is 33.6 Å². The van der Waals surface area contributed by atoms with Gasteiger partial charge in [-0.15, -0.1) is 0 Å². The molecule has 0 aliphatic heterocycles. The summed E-state index contributed by atoms with van der Waals surface area (Å²) in [5, 5.41) is 3.86. The van der Waals surface area contributed by atoms with Crippen LogP contribution in [0.15, 0.2) is 0 Å². The van der Waals surface area contributed by atoms with Crippen molar-refractivity contribution < 1.29 is 0 Å². The molecule has 0 aromatic heterocycles. The fourth-order valence-corrected chi connectivity index (χ4v) is 2.78. The van der Waals surface area contributed by atoms with Crippen LogP contribution in [0.5, 0.6) is 0 Å². The molecule has 1 N–H and O–H groups in total. The van der Waals surface area contributed by atoms with Crippen LogP contribution < -0.4 is 5.32 Å². The van der Waals surface area contributed by atoms with E-state index in [9.17, 15) is 0 Å². The normalized spacial score (nSPS) is 32.8. The maximum Gasteiger partial charge on any atom is 0.00751 e. The minimum Gasteiger partial charge on any atom is -0.311 e. The fraction of sp³-hybridized carbons (Fsp3) is 1.00. The molecule has 2 aliphatic rings. The molecular weight excluding hydrogens is 182 g/mol. The summed E-state index contributed by atoms with van der Waals surface area (Å²) in [6.45, 7) is 7.06. The Hall–Kier alpha value is -0.0400. The lowest BCUT2D eigenvalue weighted by Crippen LogP contribution is -2.47. The lowest BCUT2D eigenvalue weighted by atomic mass is 9.73. The maximum atomic E-state index is 3.86. The smallest absolute Gasteiger partial charge is 0.00751 e. The molecule has 1 heteroatoms. The molecule has 0 aromatic carbocycles. The van der Waals surface area contributed by atoms with Crippen molar-refractivity contribution in [3.8, 4) is 0 Å². The van der Waals surface area contributed by atoms with Gasteiger partial charge in [0.25, 0.3) is 0 Å². The molecule has 88 valence electrons. The summed E-state index contributed by atoms with van der Waals surface area (Å²) in [6, 6.07) is 1.66. The molecule has 15 heavy (non-hydrogen) atoms. The summed E-state index contributed by atoms with van der Waals surface area (Å²) in [5.74, 6) is 2.97. The van der Waals surface area contributed by atoms with E-state index in [1.807, 2.05) is 0 Å². The second kappa shape index (κ2) is 4.86. The Morgan fingerprint density at radius 1 is 1.20 bits per heavy atom. The summed E-state index contributed by atoms with van der Waals surface area (Å²) in [4.78, 5) is 0. The summed E-state index contributed by atoms with van der Waals surface area (Å²) in [7, 11) is 0. The van der Waals surface area contributed by atoms with Crippen LogP contribution in [-0.2, 0) is 0 Å². The summed E-state index contributed by atoms with van der Waals surface area (Å²) < 4.78 is 0.